The number of rotatable bonds is 4. The van der Waals surface area contributed by atoms with Gasteiger partial charge in [-0.15, -0.1) is 0 Å². The Labute approximate surface area is 135 Å². The number of H-pyrrole nitrogens is 1. The van der Waals surface area contributed by atoms with Crippen LogP contribution >= 0.6 is 0 Å². The van der Waals surface area contributed by atoms with E-state index in [1.165, 1.54) is 7.05 Å². The first kappa shape index (κ1) is 16.0. The summed E-state index contributed by atoms with van der Waals surface area (Å²) in [6.45, 7) is 0.137. The minimum atomic E-state index is -3.22. The number of hydrogen-bond acceptors (Lipinski definition) is 4. The molecule has 2 amide bonds. The summed E-state index contributed by atoms with van der Waals surface area (Å²) >= 11 is 0. The Balaban J connectivity index is 1.84. The smallest absolute Gasteiger partial charge is 0.256 e. The molecule has 0 bridgehead atoms. The van der Waals surface area contributed by atoms with Crippen molar-refractivity contribution in [3.63, 3.8) is 0 Å². The molecule has 1 aromatic rings. The molecule has 0 spiro atoms. The molecule has 0 radical (unpaired) electrons. The Morgan fingerprint density at radius 3 is 2.78 bits per heavy atom. The maximum absolute atomic E-state index is 12.9. The fourth-order valence-electron chi connectivity index (χ4n) is 3.07. The van der Waals surface area contributed by atoms with E-state index >= 15 is 0 Å². The molecule has 2 fully saturated rings. The first-order chi connectivity index (χ1) is 10.9. The highest BCUT2D eigenvalue weighted by Gasteiger charge is 2.38. The molecule has 1 atom stereocenters. The summed E-state index contributed by atoms with van der Waals surface area (Å²) in [5, 5.41) is 2.50. The quantitative estimate of drug-likeness (QED) is 0.822. The molecule has 23 heavy (non-hydrogen) atoms. The van der Waals surface area contributed by atoms with Gasteiger partial charge in [0.2, 0.25) is 5.91 Å². The number of aromatic amines is 1. The molecule has 2 heterocycles. The van der Waals surface area contributed by atoms with E-state index in [9.17, 15) is 18.0 Å². The highest BCUT2D eigenvalue weighted by molar-refractivity contribution is 7.91. The molecule has 1 saturated carbocycles. The van der Waals surface area contributed by atoms with Gasteiger partial charge in [0.15, 0.2) is 9.84 Å². The largest absolute Gasteiger partial charge is 0.364 e. The van der Waals surface area contributed by atoms with E-state index in [2.05, 4.69) is 10.3 Å². The zero-order chi connectivity index (χ0) is 16.6. The van der Waals surface area contributed by atoms with Crippen LogP contribution in [-0.4, -0.2) is 61.3 Å². The molecule has 2 aliphatic rings. The van der Waals surface area contributed by atoms with Crippen molar-refractivity contribution in [2.45, 2.75) is 31.2 Å². The number of aromatic nitrogens is 1. The van der Waals surface area contributed by atoms with E-state index in [0.29, 0.717) is 11.5 Å². The lowest BCUT2D eigenvalue weighted by atomic mass is 10.1. The zero-order valence-corrected chi connectivity index (χ0v) is 13.9. The molecule has 1 aliphatic heterocycles. The zero-order valence-electron chi connectivity index (χ0n) is 13.0. The average molecular weight is 339 g/mol. The Hall–Kier alpha value is -1.83. The Morgan fingerprint density at radius 1 is 1.39 bits per heavy atom. The second kappa shape index (κ2) is 5.99. The van der Waals surface area contributed by atoms with E-state index in [-0.39, 0.29) is 36.3 Å². The second-order valence-electron chi connectivity index (χ2n) is 6.22. The monoisotopic (exact) mass is 339 g/mol. The molecule has 126 valence electrons. The van der Waals surface area contributed by atoms with E-state index in [1.807, 2.05) is 0 Å². The summed E-state index contributed by atoms with van der Waals surface area (Å²) in [6.07, 6.45) is 3.88. The number of nitrogens with zero attached hydrogens (tertiary/aromatic N) is 1. The van der Waals surface area contributed by atoms with Crippen LogP contribution < -0.4 is 5.32 Å². The van der Waals surface area contributed by atoms with Gasteiger partial charge in [-0.25, -0.2) is 8.42 Å². The van der Waals surface area contributed by atoms with Crippen molar-refractivity contribution in [3.05, 3.63) is 23.5 Å². The van der Waals surface area contributed by atoms with Gasteiger partial charge in [0.1, 0.15) is 0 Å². The minimum absolute atomic E-state index is 0.00462. The van der Waals surface area contributed by atoms with E-state index in [1.54, 1.807) is 17.2 Å². The van der Waals surface area contributed by atoms with Crippen molar-refractivity contribution in [2.75, 3.05) is 25.1 Å². The molecule has 0 aromatic carbocycles. The van der Waals surface area contributed by atoms with Crippen molar-refractivity contribution in [1.29, 1.82) is 0 Å². The minimum Gasteiger partial charge on any atom is -0.364 e. The molecule has 1 saturated heterocycles. The van der Waals surface area contributed by atoms with Crippen LogP contribution in [0.1, 0.15) is 41.2 Å². The lowest BCUT2D eigenvalue weighted by Crippen LogP contribution is -2.52. The number of carbonyl (C=O) groups is 2. The maximum atomic E-state index is 12.9. The standard InChI is InChI=1S/C15H21N3O4S/c1-16-13(19)8-11-9-23(21,22)7-6-18(11)15(20)12-4-5-17-14(12)10-2-3-10/h4-5,10-11,17H,2-3,6-9H2,1H3,(H,16,19). The van der Waals surface area contributed by atoms with Crippen molar-refractivity contribution < 1.29 is 18.0 Å². The van der Waals surface area contributed by atoms with Gasteiger partial charge in [0, 0.05) is 31.9 Å². The first-order valence-corrected chi connectivity index (χ1v) is 9.62. The number of hydrogen-bond donors (Lipinski definition) is 2. The second-order valence-corrected chi connectivity index (χ2v) is 8.45. The molecular weight excluding hydrogens is 318 g/mol. The highest BCUT2D eigenvalue weighted by Crippen LogP contribution is 2.41. The van der Waals surface area contributed by atoms with Crippen LogP contribution in [0.15, 0.2) is 12.3 Å². The summed E-state index contributed by atoms with van der Waals surface area (Å²) in [6, 6.07) is 1.14. The number of sulfone groups is 1. The summed E-state index contributed by atoms with van der Waals surface area (Å²) in [4.78, 5) is 29.2. The van der Waals surface area contributed by atoms with Gasteiger partial charge in [-0.3, -0.25) is 9.59 Å². The predicted octanol–water partition coefficient (Wildman–Crippen LogP) is 0.267. The number of amides is 2. The van der Waals surface area contributed by atoms with E-state index in [0.717, 1.165) is 18.5 Å². The van der Waals surface area contributed by atoms with E-state index < -0.39 is 15.9 Å². The van der Waals surface area contributed by atoms with Gasteiger partial charge in [0.25, 0.3) is 5.91 Å². The lowest BCUT2D eigenvalue weighted by Gasteiger charge is -2.35. The number of nitrogens with one attached hydrogen (secondary N) is 2. The van der Waals surface area contributed by atoms with Crippen LogP contribution in [0.3, 0.4) is 0 Å². The van der Waals surface area contributed by atoms with Gasteiger partial charge in [-0.05, 0) is 24.8 Å². The van der Waals surface area contributed by atoms with Gasteiger partial charge < -0.3 is 15.2 Å². The Bertz CT molecular complexity index is 721. The third-order valence-electron chi connectivity index (χ3n) is 4.49. The fourth-order valence-corrected chi connectivity index (χ4v) is 4.60. The third kappa shape index (κ3) is 3.41. The molecule has 7 nitrogen and oxygen atoms in total. The first-order valence-electron chi connectivity index (χ1n) is 7.80. The average Bonchev–Trinajstić information content (AvgIpc) is 3.23. The van der Waals surface area contributed by atoms with E-state index in [4.69, 9.17) is 0 Å². The summed E-state index contributed by atoms with van der Waals surface area (Å²) < 4.78 is 23.8. The summed E-state index contributed by atoms with van der Waals surface area (Å²) in [5.41, 5.74) is 1.54. The topological polar surface area (TPSA) is 99.3 Å². The Morgan fingerprint density at radius 2 is 2.13 bits per heavy atom. The van der Waals surface area contributed by atoms with Gasteiger partial charge in [-0.2, -0.15) is 0 Å². The van der Waals surface area contributed by atoms with Crippen molar-refractivity contribution in [3.8, 4) is 0 Å². The van der Waals surface area contributed by atoms with Crippen LogP contribution in [0.4, 0.5) is 0 Å². The van der Waals surface area contributed by atoms with Gasteiger partial charge in [-0.1, -0.05) is 0 Å². The van der Waals surface area contributed by atoms with Crippen molar-refractivity contribution in [2.24, 2.45) is 0 Å². The molecule has 8 heteroatoms. The number of carbonyl (C=O) groups excluding carboxylic acids is 2. The van der Waals surface area contributed by atoms with Gasteiger partial charge >= 0.3 is 0 Å². The van der Waals surface area contributed by atoms with Crippen LogP contribution in [-0.2, 0) is 14.6 Å². The highest BCUT2D eigenvalue weighted by atomic mass is 32.2. The predicted molar refractivity (Wildman–Crippen MR) is 84.9 cm³/mol. The summed E-state index contributed by atoms with van der Waals surface area (Å²) in [5.74, 6) is -0.255. The summed E-state index contributed by atoms with van der Waals surface area (Å²) in [7, 11) is -1.71. The van der Waals surface area contributed by atoms with Crippen molar-refractivity contribution in [1.82, 2.24) is 15.2 Å². The fraction of sp³-hybridized carbons (Fsp3) is 0.600. The molecule has 1 unspecified atom stereocenters. The third-order valence-corrected chi connectivity index (χ3v) is 6.18. The Kier molecular flexibility index (Phi) is 4.18. The maximum Gasteiger partial charge on any atom is 0.256 e. The van der Waals surface area contributed by atoms with Crippen LogP contribution in [0.25, 0.3) is 0 Å². The molecule has 1 aromatic heterocycles. The SMILES string of the molecule is CNC(=O)CC1CS(=O)(=O)CCN1C(=O)c1cc[nH]c1C1CC1. The normalized spacial score (nSPS) is 23.5. The van der Waals surface area contributed by atoms with Crippen LogP contribution in [0, 0.1) is 0 Å². The lowest BCUT2D eigenvalue weighted by molar-refractivity contribution is -0.121. The molecule has 1 aliphatic carbocycles. The van der Waals surface area contributed by atoms with Crippen molar-refractivity contribution >= 4 is 21.7 Å². The van der Waals surface area contributed by atoms with Crippen LogP contribution in [0.2, 0.25) is 0 Å². The van der Waals surface area contributed by atoms with Crippen LogP contribution in [0.5, 0.6) is 0 Å². The molecule has 2 N–H and O–H groups in total. The van der Waals surface area contributed by atoms with Gasteiger partial charge in [0.05, 0.1) is 23.1 Å². The molecule has 3 rings (SSSR count). The molecular formula is C15H21N3O4S.